The van der Waals surface area contributed by atoms with Gasteiger partial charge in [0.05, 0.1) is 25.2 Å². The monoisotopic (exact) mass is 422 g/mol. The minimum absolute atomic E-state index is 0.0194. The SMILES string of the molecule is COc1cc(C)c(C(C)NC(=O)c2ccc(S(C)(=O)=O)c([N+](=O)[O-])c2)cc1OC. The van der Waals surface area contributed by atoms with Crippen LogP contribution in [0.3, 0.4) is 0 Å². The molecule has 10 heteroatoms. The molecule has 0 bridgehead atoms. The van der Waals surface area contributed by atoms with Gasteiger partial charge in [0, 0.05) is 17.9 Å². The van der Waals surface area contributed by atoms with Gasteiger partial charge in [-0.25, -0.2) is 8.42 Å². The molecule has 0 aliphatic carbocycles. The first-order chi connectivity index (χ1) is 13.5. The number of nitro benzene ring substituents is 1. The molecule has 0 aliphatic rings. The van der Waals surface area contributed by atoms with Crippen LogP contribution in [-0.4, -0.2) is 39.7 Å². The highest BCUT2D eigenvalue weighted by Crippen LogP contribution is 2.33. The van der Waals surface area contributed by atoms with Crippen LogP contribution in [0, 0.1) is 17.0 Å². The predicted octanol–water partition coefficient (Wildman–Crippen LogP) is 2.81. The number of carbonyl (C=O) groups is 1. The predicted molar refractivity (Wildman–Crippen MR) is 106 cm³/mol. The molecule has 9 nitrogen and oxygen atoms in total. The van der Waals surface area contributed by atoms with Crippen molar-refractivity contribution in [3.05, 3.63) is 57.1 Å². The standard InChI is InChI=1S/C19H22N2O7S/c1-11-8-16(27-3)17(28-4)10-14(11)12(2)20-19(22)13-6-7-18(29(5,25)26)15(9-13)21(23)24/h6-10,12H,1-5H3,(H,20,22). The zero-order chi connectivity index (χ0) is 21.9. The second-order valence-corrected chi connectivity index (χ2v) is 8.45. The van der Waals surface area contributed by atoms with E-state index in [1.165, 1.54) is 20.3 Å². The summed E-state index contributed by atoms with van der Waals surface area (Å²) in [6.45, 7) is 3.61. The van der Waals surface area contributed by atoms with Gasteiger partial charge in [-0.2, -0.15) is 0 Å². The van der Waals surface area contributed by atoms with Gasteiger partial charge in [-0.15, -0.1) is 0 Å². The van der Waals surface area contributed by atoms with Crippen LogP contribution < -0.4 is 14.8 Å². The van der Waals surface area contributed by atoms with Crippen molar-refractivity contribution in [2.45, 2.75) is 24.8 Å². The Kier molecular flexibility index (Phi) is 6.48. The highest BCUT2D eigenvalue weighted by atomic mass is 32.2. The molecule has 2 aromatic carbocycles. The second-order valence-electron chi connectivity index (χ2n) is 6.47. The van der Waals surface area contributed by atoms with Crippen LogP contribution in [0.4, 0.5) is 5.69 Å². The first-order valence-corrected chi connectivity index (χ1v) is 10.4. The van der Waals surface area contributed by atoms with Gasteiger partial charge in [0.1, 0.15) is 4.90 Å². The Morgan fingerprint density at radius 1 is 1.14 bits per heavy atom. The summed E-state index contributed by atoms with van der Waals surface area (Å²) >= 11 is 0. The van der Waals surface area contributed by atoms with Crippen molar-refractivity contribution in [3.63, 3.8) is 0 Å². The maximum atomic E-state index is 12.6. The number of carbonyl (C=O) groups excluding carboxylic acids is 1. The Balaban J connectivity index is 2.35. The summed E-state index contributed by atoms with van der Waals surface area (Å²) in [6.07, 6.45) is 0.872. The number of hydrogen-bond acceptors (Lipinski definition) is 7. The maximum absolute atomic E-state index is 12.6. The zero-order valence-electron chi connectivity index (χ0n) is 16.7. The summed E-state index contributed by atoms with van der Waals surface area (Å²) < 4.78 is 34.0. The van der Waals surface area contributed by atoms with Crippen LogP contribution in [0.1, 0.15) is 34.5 Å². The molecule has 29 heavy (non-hydrogen) atoms. The van der Waals surface area contributed by atoms with Gasteiger partial charge < -0.3 is 14.8 Å². The third-order valence-corrected chi connectivity index (χ3v) is 5.55. The van der Waals surface area contributed by atoms with Crippen molar-refractivity contribution in [2.75, 3.05) is 20.5 Å². The largest absolute Gasteiger partial charge is 0.493 e. The lowest BCUT2D eigenvalue weighted by molar-refractivity contribution is -0.387. The van der Waals surface area contributed by atoms with E-state index in [-0.39, 0.29) is 5.56 Å². The molecule has 0 saturated carbocycles. The number of amides is 1. The Morgan fingerprint density at radius 3 is 2.24 bits per heavy atom. The lowest BCUT2D eigenvalue weighted by Gasteiger charge is -2.19. The van der Waals surface area contributed by atoms with Gasteiger partial charge in [-0.3, -0.25) is 14.9 Å². The van der Waals surface area contributed by atoms with Crippen LogP contribution in [-0.2, 0) is 9.84 Å². The first-order valence-electron chi connectivity index (χ1n) is 8.51. The number of sulfone groups is 1. The van der Waals surface area contributed by atoms with E-state index in [0.29, 0.717) is 11.5 Å². The Labute approximate surface area is 168 Å². The second kappa shape index (κ2) is 8.48. The molecule has 0 radical (unpaired) electrons. The minimum atomic E-state index is -3.81. The summed E-state index contributed by atoms with van der Waals surface area (Å²) in [4.78, 5) is 22.6. The maximum Gasteiger partial charge on any atom is 0.288 e. The first kappa shape index (κ1) is 22.2. The van der Waals surface area contributed by atoms with E-state index in [1.54, 1.807) is 19.1 Å². The molecule has 0 fully saturated rings. The van der Waals surface area contributed by atoms with Crippen LogP contribution in [0.15, 0.2) is 35.2 Å². The highest BCUT2D eigenvalue weighted by Gasteiger charge is 2.25. The molecule has 0 heterocycles. The molecule has 0 aliphatic heterocycles. The number of rotatable bonds is 7. The fourth-order valence-electron chi connectivity index (χ4n) is 2.94. The van der Waals surface area contributed by atoms with Gasteiger partial charge in [-0.1, -0.05) is 0 Å². The fourth-order valence-corrected chi connectivity index (χ4v) is 3.76. The Hall–Kier alpha value is -3.14. The van der Waals surface area contributed by atoms with E-state index in [4.69, 9.17) is 9.47 Å². The van der Waals surface area contributed by atoms with E-state index >= 15 is 0 Å². The number of nitrogens with one attached hydrogen (secondary N) is 1. The van der Waals surface area contributed by atoms with Gasteiger partial charge >= 0.3 is 0 Å². The minimum Gasteiger partial charge on any atom is -0.493 e. The van der Waals surface area contributed by atoms with E-state index in [9.17, 15) is 23.3 Å². The van der Waals surface area contributed by atoms with Gasteiger partial charge in [0.2, 0.25) is 0 Å². The number of ether oxygens (including phenoxy) is 2. The molecule has 0 spiro atoms. The number of methoxy groups -OCH3 is 2. The summed E-state index contributed by atoms with van der Waals surface area (Å²) in [5.41, 5.74) is 0.969. The lowest BCUT2D eigenvalue weighted by atomic mass is 10.0. The highest BCUT2D eigenvalue weighted by molar-refractivity contribution is 7.90. The molecule has 1 atom stereocenters. The molecule has 2 aromatic rings. The number of nitro groups is 1. The fraction of sp³-hybridized carbons (Fsp3) is 0.316. The summed E-state index contributed by atoms with van der Waals surface area (Å²) in [5, 5.41) is 14.0. The van der Waals surface area contributed by atoms with Crippen molar-refractivity contribution in [1.82, 2.24) is 5.32 Å². The zero-order valence-corrected chi connectivity index (χ0v) is 17.5. The number of aryl methyl sites for hydroxylation is 1. The van der Waals surface area contributed by atoms with Crippen LogP contribution in [0.5, 0.6) is 11.5 Å². The molecular formula is C19H22N2O7S. The molecule has 0 aromatic heterocycles. The third-order valence-electron chi connectivity index (χ3n) is 4.40. The third kappa shape index (κ3) is 4.83. The lowest BCUT2D eigenvalue weighted by Crippen LogP contribution is -2.27. The van der Waals surface area contributed by atoms with Crippen molar-refractivity contribution >= 4 is 21.4 Å². The Morgan fingerprint density at radius 2 is 1.72 bits per heavy atom. The van der Waals surface area contributed by atoms with E-state index in [0.717, 1.165) is 29.5 Å². The average Bonchev–Trinajstić information content (AvgIpc) is 2.66. The van der Waals surface area contributed by atoms with E-state index < -0.39 is 37.3 Å². The van der Waals surface area contributed by atoms with Crippen LogP contribution in [0.2, 0.25) is 0 Å². The quantitative estimate of drug-likeness (QED) is 0.537. The molecule has 2 rings (SSSR count). The number of nitrogens with zero attached hydrogens (tertiary/aromatic N) is 1. The van der Waals surface area contributed by atoms with Gasteiger partial charge in [-0.05, 0) is 49.2 Å². The Bertz CT molecular complexity index is 1060. The molecular weight excluding hydrogens is 400 g/mol. The molecule has 1 unspecified atom stereocenters. The number of benzene rings is 2. The van der Waals surface area contributed by atoms with Crippen LogP contribution >= 0.6 is 0 Å². The molecule has 1 N–H and O–H groups in total. The topological polar surface area (TPSA) is 125 Å². The summed E-state index contributed by atoms with van der Waals surface area (Å²) in [5.74, 6) is 0.483. The van der Waals surface area contributed by atoms with Crippen molar-refractivity contribution in [2.24, 2.45) is 0 Å². The van der Waals surface area contributed by atoms with E-state index in [2.05, 4.69) is 5.32 Å². The summed E-state index contributed by atoms with van der Waals surface area (Å²) in [6, 6.07) is 6.34. The van der Waals surface area contributed by atoms with Crippen LogP contribution in [0.25, 0.3) is 0 Å². The van der Waals surface area contributed by atoms with Crippen molar-refractivity contribution in [1.29, 1.82) is 0 Å². The van der Waals surface area contributed by atoms with Gasteiger partial charge in [0.15, 0.2) is 21.3 Å². The normalized spacial score (nSPS) is 12.2. The average molecular weight is 422 g/mol. The summed E-state index contributed by atoms with van der Waals surface area (Å²) in [7, 11) is -0.780. The van der Waals surface area contributed by atoms with Crippen molar-refractivity contribution in [3.8, 4) is 11.5 Å². The molecule has 1 amide bonds. The van der Waals surface area contributed by atoms with Gasteiger partial charge in [0.25, 0.3) is 11.6 Å². The van der Waals surface area contributed by atoms with E-state index in [1.807, 2.05) is 6.92 Å². The molecule has 0 saturated heterocycles. The smallest absolute Gasteiger partial charge is 0.288 e. The number of hydrogen-bond donors (Lipinski definition) is 1. The molecule has 156 valence electrons. The van der Waals surface area contributed by atoms with Crippen molar-refractivity contribution < 1.29 is 27.6 Å².